The normalized spacial score (nSPS) is 26.7. The van der Waals surface area contributed by atoms with Crippen LogP contribution >= 0.6 is 0 Å². The van der Waals surface area contributed by atoms with E-state index in [2.05, 4.69) is 5.10 Å². The van der Waals surface area contributed by atoms with E-state index in [9.17, 15) is 16.8 Å². The fourth-order valence-electron chi connectivity index (χ4n) is 3.10. The summed E-state index contributed by atoms with van der Waals surface area (Å²) in [5.74, 6) is 0.00183. The van der Waals surface area contributed by atoms with Gasteiger partial charge in [0.15, 0.2) is 9.84 Å². The predicted molar refractivity (Wildman–Crippen MR) is 81.6 cm³/mol. The summed E-state index contributed by atoms with van der Waals surface area (Å²) in [6, 6.07) is -0.428. The maximum absolute atomic E-state index is 12.9. The highest BCUT2D eigenvalue weighted by atomic mass is 32.2. The van der Waals surface area contributed by atoms with Crippen molar-refractivity contribution in [1.82, 2.24) is 14.1 Å². The van der Waals surface area contributed by atoms with Crippen molar-refractivity contribution < 1.29 is 16.8 Å². The van der Waals surface area contributed by atoms with E-state index in [1.54, 1.807) is 4.68 Å². The van der Waals surface area contributed by atoms with Crippen LogP contribution in [0.25, 0.3) is 0 Å². The molecule has 124 valence electrons. The molecule has 7 nitrogen and oxygen atoms in total. The molecule has 1 unspecified atom stereocenters. The molecule has 0 amide bonds. The molecule has 2 aliphatic rings. The van der Waals surface area contributed by atoms with Gasteiger partial charge in [0, 0.05) is 25.3 Å². The molecule has 1 aromatic rings. The lowest BCUT2D eigenvalue weighted by molar-refractivity contribution is 0.175. The molecule has 0 bridgehead atoms. The van der Waals surface area contributed by atoms with Crippen molar-refractivity contribution in [1.29, 1.82) is 0 Å². The van der Waals surface area contributed by atoms with E-state index in [4.69, 9.17) is 0 Å². The summed E-state index contributed by atoms with van der Waals surface area (Å²) in [7, 11) is -6.84. The molecular weight excluding hydrogens is 326 g/mol. The molecular formula is C13H21N3O4S2. The quantitative estimate of drug-likeness (QED) is 0.791. The minimum absolute atomic E-state index is 0.0448. The summed E-state index contributed by atoms with van der Waals surface area (Å²) in [6.07, 6.45) is 5.71. The van der Waals surface area contributed by atoms with Crippen molar-refractivity contribution in [2.45, 2.75) is 43.7 Å². The van der Waals surface area contributed by atoms with Crippen LogP contribution in [-0.4, -0.2) is 55.0 Å². The SMILES string of the molecule is CCn1cc(S(=O)(=O)N2CCS(=O)(=O)CC2C2CCC2)cn1. The molecule has 2 fully saturated rings. The van der Waals surface area contributed by atoms with Crippen molar-refractivity contribution >= 4 is 19.9 Å². The Hall–Kier alpha value is -0.930. The number of sulfonamides is 1. The Morgan fingerprint density at radius 3 is 2.64 bits per heavy atom. The molecule has 1 aliphatic heterocycles. The van der Waals surface area contributed by atoms with E-state index >= 15 is 0 Å². The lowest BCUT2D eigenvalue weighted by Crippen LogP contribution is -2.55. The summed E-state index contributed by atoms with van der Waals surface area (Å²) in [6.45, 7) is 2.52. The van der Waals surface area contributed by atoms with Crippen molar-refractivity contribution in [3.8, 4) is 0 Å². The highest BCUT2D eigenvalue weighted by Crippen LogP contribution is 2.36. The van der Waals surface area contributed by atoms with E-state index in [0.717, 1.165) is 19.3 Å². The number of hydrogen-bond acceptors (Lipinski definition) is 5. The Morgan fingerprint density at radius 1 is 1.36 bits per heavy atom. The summed E-state index contributed by atoms with van der Waals surface area (Å²) in [5.41, 5.74) is 0. The van der Waals surface area contributed by atoms with Crippen LogP contribution in [0.15, 0.2) is 17.3 Å². The Kier molecular flexibility index (Phi) is 4.07. The van der Waals surface area contributed by atoms with E-state index in [1.807, 2.05) is 6.92 Å². The first-order valence-corrected chi connectivity index (χ1v) is 10.8. The highest BCUT2D eigenvalue weighted by molar-refractivity contribution is 7.92. The van der Waals surface area contributed by atoms with Gasteiger partial charge in [0.05, 0.1) is 17.7 Å². The number of rotatable bonds is 4. The first-order chi connectivity index (χ1) is 10.3. The van der Waals surface area contributed by atoms with Gasteiger partial charge in [0.25, 0.3) is 0 Å². The molecule has 9 heteroatoms. The fraction of sp³-hybridized carbons (Fsp3) is 0.769. The first kappa shape index (κ1) is 15.9. The van der Waals surface area contributed by atoms with Gasteiger partial charge < -0.3 is 0 Å². The highest BCUT2D eigenvalue weighted by Gasteiger charge is 2.44. The third kappa shape index (κ3) is 2.81. The maximum Gasteiger partial charge on any atom is 0.246 e. The van der Waals surface area contributed by atoms with Gasteiger partial charge in [-0.25, -0.2) is 16.8 Å². The average Bonchev–Trinajstić information content (AvgIpc) is 2.84. The molecule has 0 spiro atoms. The molecule has 22 heavy (non-hydrogen) atoms. The number of sulfone groups is 1. The van der Waals surface area contributed by atoms with E-state index in [-0.39, 0.29) is 28.9 Å². The molecule has 1 saturated carbocycles. The second kappa shape index (κ2) is 5.61. The number of aryl methyl sites for hydroxylation is 1. The van der Waals surface area contributed by atoms with Crippen LogP contribution in [0, 0.1) is 5.92 Å². The maximum atomic E-state index is 12.9. The largest absolute Gasteiger partial charge is 0.272 e. The molecule has 1 aromatic heterocycles. The van der Waals surface area contributed by atoms with Crippen molar-refractivity contribution in [3.63, 3.8) is 0 Å². The van der Waals surface area contributed by atoms with Gasteiger partial charge in [-0.3, -0.25) is 4.68 Å². The van der Waals surface area contributed by atoms with Crippen LogP contribution in [-0.2, 0) is 26.4 Å². The molecule has 1 aliphatic carbocycles. The van der Waals surface area contributed by atoms with E-state index in [0.29, 0.717) is 6.54 Å². The second-order valence-electron chi connectivity index (χ2n) is 6.02. The van der Waals surface area contributed by atoms with Crippen LogP contribution in [0.1, 0.15) is 26.2 Å². The lowest BCUT2D eigenvalue weighted by atomic mass is 9.80. The van der Waals surface area contributed by atoms with Gasteiger partial charge in [-0.15, -0.1) is 0 Å². The van der Waals surface area contributed by atoms with Gasteiger partial charge in [-0.1, -0.05) is 6.42 Å². The van der Waals surface area contributed by atoms with Crippen LogP contribution in [0.3, 0.4) is 0 Å². The van der Waals surface area contributed by atoms with E-state index in [1.165, 1.54) is 16.7 Å². The second-order valence-corrected chi connectivity index (χ2v) is 10.1. The van der Waals surface area contributed by atoms with Crippen molar-refractivity contribution in [2.75, 3.05) is 18.1 Å². The first-order valence-electron chi connectivity index (χ1n) is 7.58. The van der Waals surface area contributed by atoms with Gasteiger partial charge in [0.2, 0.25) is 10.0 Å². The zero-order valence-electron chi connectivity index (χ0n) is 12.6. The molecule has 0 aromatic carbocycles. The van der Waals surface area contributed by atoms with Crippen molar-refractivity contribution in [3.05, 3.63) is 12.4 Å². The predicted octanol–water partition coefficient (Wildman–Crippen LogP) is 0.491. The third-order valence-electron chi connectivity index (χ3n) is 4.65. The van der Waals surface area contributed by atoms with Crippen LogP contribution in [0.5, 0.6) is 0 Å². The average molecular weight is 347 g/mol. The molecule has 0 N–H and O–H groups in total. The standard InChI is InChI=1S/C13H21N3O4S2/c1-2-15-9-12(8-14-15)22(19,20)16-6-7-21(17,18)10-13(16)11-4-3-5-11/h8-9,11,13H,2-7,10H2,1H3. The molecule has 3 rings (SSSR count). The number of nitrogens with zero attached hydrogens (tertiary/aromatic N) is 3. The third-order valence-corrected chi connectivity index (χ3v) is 8.18. The van der Waals surface area contributed by atoms with Crippen LogP contribution in [0.2, 0.25) is 0 Å². The van der Waals surface area contributed by atoms with E-state index < -0.39 is 25.9 Å². The Bertz CT molecular complexity index is 750. The van der Waals surface area contributed by atoms with Crippen LogP contribution < -0.4 is 0 Å². The fourth-order valence-corrected chi connectivity index (χ4v) is 6.57. The summed E-state index contributed by atoms with van der Waals surface area (Å²) >= 11 is 0. The zero-order chi connectivity index (χ0) is 16.0. The smallest absolute Gasteiger partial charge is 0.246 e. The topological polar surface area (TPSA) is 89.3 Å². The van der Waals surface area contributed by atoms with Gasteiger partial charge in [-0.05, 0) is 25.7 Å². The molecule has 1 saturated heterocycles. The Morgan fingerprint density at radius 2 is 2.09 bits per heavy atom. The van der Waals surface area contributed by atoms with Crippen LogP contribution in [0.4, 0.5) is 0 Å². The molecule has 0 radical (unpaired) electrons. The monoisotopic (exact) mass is 347 g/mol. The zero-order valence-corrected chi connectivity index (χ0v) is 14.2. The number of hydrogen-bond donors (Lipinski definition) is 0. The lowest BCUT2D eigenvalue weighted by Gasteiger charge is -2.42. The Balaban J connectivity index is 1.93. The number of aromatic nitrogens is 2. The molecule has 2 heterocycles. The summed E-state index contributed by atoms with van der Waals surface area (Å²) in [5, 5.41) is 4.02. The van der Waals surface area contributed by atoms with Gasteiger partial charge in [-0.2, -0.15) is 9.40 Å². The summed E-state index contributed by atoms with van der Waals surface area (Å²) in [4.78, 5) is 0.151. The van der Waals surface area contributed by atoms with Crippen molar-refractivity contribution in [2.24, 2.45) is 5.92 Å². The Labute approximate surface area is 131 Å². The minimum atomic E-state index is -3.69. The van der Waals surface area contributed by atoms with Gasteiger partial charge in [0.1, 0.15) is 4.90 Å². The van der Waals surface area contributed by atoms with Gasteiger partial charge >= 0.3 is 0 Å². The minimum Gasteiger partial charge on any atom is -0.272 e. The summed E-state index contributed by atoms with van der Waals surface area (Å²) < 4.78 is 52.5. The molecule has 1 atom stereocenters.